The molecule has 0 aliphatic carbocycles. The van der Waals surface area contributed by atoms with E-state index >= 15 is 0 Å². The van der Waals surface area contributed by atoms with Crippen LogP contribution in [0.4, 0.5) is 0 Å². The minimum Gasteiger partial charge on any atom is -0.497 e. The van der Waals surface area contributed by atoms with Gasteiger partial charge in [0.05, 0.1) is 7.11 Å². The molecule has 2 N–H and O–H groups in total. The molecule has 0 radical (unpaired) electrons. The molecule has 94 valence electrons. The van der Waals surface area contributed by atoms with Crippen LogP contribution in [0.3, 0.4) is 0 Å². The molecule has 0 saturated heterocycles. The summed E-state index contributed by atoms with van der Waals surface area (Å²) in [5, 5.41) is 0. The van der Waals surface area contributed by atoms with Crippen molar-refractivity contribution in [1.29, 1.82) is 0 Å². The van der Waals surface area contributed by atoms with Crippen LogP contribution in [0, 0.1) is 5.92 Å². The van der Waals surface area contributed by atoms with Crippen LogP contribution in [-0.4, -0.2) is 13.0 Å². The smallest absolute Gasteiger partial charge is 0.218 e. The number of benzene rings is 1. The Morgan fingerprint density at radius 3 is 2.29 bits per heavy atom. The standard InChI is InChI=1S/C14H21NO2/c1-10(2)8-12(9-14(15)16)11-4-6-13(17-3)7-5-11/h4-7,10,12H,8-9H2,1-3H3,(H2,15,16). The van der Waals surface area contributed by atoms with Gasteiger partial charge in [-0.2, -0.15) is 0 Å². The summed E-state index contributed by atoms with van der Waals surface area (Å²) >= 11 is 0. The Labute approximate surface area is 103 Å². The highest BCUT2D eigenvalue weighted by Gasteiger charge is 2.16. The van der Waals surface area contributed by atoms with Crippen LogP contribution in [0.2, 0.25) is 0 Å². The van der Waals surface area contributed by atoms with Crippen LogP contribution in [0.15, 0.2) is 24.3 Å². The number of carbonyl (C=O) groups is 1. The largest absolute Gasteiger partial charge is 0.497 e. The molecule has 0 fully saturated rings. The number of methoxy groups -OCH3 is 1. The van der Waals surface area contributed by atoms with Gasteiger partial charge < -0.3 is 10.5 Å². The first kappa shape index (κ1) is 13.6. The molecule has 0 saturated carbocycles. The lowest BCUT2D eigenvalue weighted by molar-refractivity contribution is -0.118. The van der Waals surface area contributed by atoms with E-state index in [4.69, 9.17) is 10.5 Å². The first-order valence-corrected chi connectivity index (χ1v) is 5.95. The lowest BCUT2D eigenvalue weighted by atomic mass is 9.87. The zero-order valence-electron chi connectivity index (χ0n) is 10.8. The number of rotatable bonds is 6. The van der Waals surface area contributed by atoms with Gasteiger partial charge in [0.25, 0.3) is 0 Å². The normalized spacial score (nSPS) is 12.5. The predicted molar refractivity (Wildman–Crippen MR) is 69.0 cm³/mol. The van der Waals surface area contributed by atoms with Crippen LogP contribution < -0.4 is 10.5 Å². The van der Waals surface area contributed by atoms with E-state index in [2.05, 4.69) is 13.8 Å². The van der Waals surface area contributed by atoms with Crippen LogP contribution in [-0.2, 0) is 4.79 Å². The van der Waals surface area contributed by atoms with Gasteiger partial charge in [-0.25, -0.2) is 0 Å². The fourth-order valence-corrected chi connectivity index (χ4v) is 2.03. The molecule has 1 atom stereocenters. The zero-order chi connectivity index (χ0) is 12.8. The average molecular weight is 235 g/mol. The third kappa shape index (κ3) is 4.47. The van der Waals surface area contributed by atoms with Crippen LogP contribution in [0.5, 0.6) is 5.75 Å². The van der Waals surface area contributed by atoms with E-state index in [1.54, 1.807) is 7.11 Å². The second-order valence-electron chi connectivity index (χ2n) is 4.77. The minimum atomic E-state index is -0.244. The van der Waals surface area contributed by atoms with Crippen molar-refractivity contribution in [2.24, 2.45) is 11.7 Å². The average Bonchev–Trinajstić information content (AvgIpc) is 2.27. The highest BCUT2D eigenvalue weighted by atomic mass is 16.5. The van der Waals surface area contributed by atoms with Gasteiger partial charge in [-0.1, -0.05) is 26.0 Å². The van der Waals surface area contributed by atoms with Gasteiger partial charge in [0.1, 0.15) is 5.75 Å². The van der Waals surface area contributed by atoms with Crippen molar-refractivity contribution in [3.05, 3.63) is 29.8 Å². The van der Waals surface area contributed by atoms with Crippen molar-refractivity contribution in [3.8, 4) is 5.75 Å². The number of amides is 1. The third-order valence-corrected chi connectivity index (χ3v) is 2.79. The molecule has 17 heavy (non-hydrogen) atoms. The number of hydrogen-bond acceptors (Lipinski definition) is 2. The maximum absolute atomic E-state index is 11.1. The van der Waals surface area contributed by atoms with Gasteiger partial charge in [0.15, 0.2) is 0 Å². The van der Waals surface area contributed by atoms with E-state index in [-0.39, 0.29) is 11.8 Å². The SMILES string of the molecule is COc1ccc(C(CC(N)=O)CC(C)C)cc1. The summed E-state index contributed by atoms with van der Waals surface area (Å²) in [5.74, 6) is 1.34. The Hall–Kier alpha value is -1.51. The molecule has 1 amide bonds. The summed E-state index contributed by atoms with van der Waals surface area (Å²) in [6.45, 7) is 4.30. The first-order chi connectivity index (χ1) is 8.02. The van der Waals surface area contributed by atoms with Crippen molar-refractivity contribution in [2.45, 2.75) is 32.6 Å². The fraction of sp³-hybridized carbons (Fsp3) is 0.500. The van der Waals surface area contributed by atoms with Gasteiger partial charge in [0, 0.05) is 6.42 Å². The van der Waals surface area contributed by atoms with Gasteiger partial charge in [-0.3, -0.25) is 4.79 Å². The molecule has 0 aliphatic rings. The number of nitrogens with two attached hydrogens (primary N) is 1. The zero-order valence-corrected chi connectivity index (χ0v) is 10.8. The molecule has 1 aromatic rings. The Morgan fingerprint density at radius 2 is 1.88 bits per heavy atom. The van der Waals surface area contributed by atoms with Crippen molar-refractivity contribution < 1.29 is 9.53 Å². The van der Waals surface area contributed by atoms with E-state index in [9.17, 15) is 4.79 Å². The summed E-state index contributed by atoms with van der Waals surface area (Å²) in [7, 11) is 1.64. The lowest BCUT2D eigenvalue weighted by Crippen LogP contribution is -2.16. The Balaban J connectivity index is 2.83. The van der Waals surface area contributed by atoms with Crippen molar-refractivity contribution in [2.75, 3.05) is 7.11 Å². The van der Waals surface area contributed by atoms with Crippen molar-refractivity contribution in [1.82, 2.24) is 0 Å². The molecule has 0 bridgehead atoms. The predicted octanol–water partition coefficient (Wildman–Crippen LogP) is 2.70. The second kappa shape index (κ2) is 6.28. The lowest BCUT2D eigenvalue weighted by Gasteiger charge is -2.18. The number of primary amides is 1. The van der Waals surface area contributed by atoms with E-state index in [1.165, 1.54) is 0 Å². The maximum atomic E-state index is 11.1. The number of hydrogen-bond donors (Lipinski definition) is 1. The molecule has 0 aliphatic heterocycles. The van der Waals surface area contributed by atoms with E-state index < -0.39 is 0 Å². The molecule has 0 heterocycles. The molecular weight excluding hydrogens is 214 g/mol. The molecule has 0 spiro atoms. The van der Waals surface area contributed by atoms with Gasteiger partial charge in [-0.05, 0) is 36.0 Å². The highest BCUT2D eigenvalue weighted by molar-refractivity contribution is 5.74. The molecule has 3 nitrogen and oxygen atoms in total. The summed E-state index contributed by atoms with van der Waals surface area (Å²) < 4.78 is 5.12. The summed E-state index contributed by atoms with van der Waals surface area (Å²) in [5.41, 5.74) is 6.45. The maximum Gasteiger partial charge on any atom is 0.218 e. The summed E-state index contributed by atoms with van der Waals surface area (Å²) in [4.78, 5) is 11.1. The first-order valence-electron chi connectivity index (χ1n) is 5.95. The number of ether oxygens (including phenoxy) is 1. The molecule has 1 unspecified atom stereocenters. The molecule has 1 rings (SSSR count). The molecule has 3 heteroatoms. The van der Waals surface area contributed by atoms with E-state index in [0.717, 1.165) is 17.7 Å². The summed E-state index contributed by atoms with van der Waals surface area (Å²) in [6, 6.07) is 7.86. The monoisotopic (exact) mass is 235 g/mol. The topological polar surface area (TPSA) is 52.3 Å². The minimum absolute atomic E-state index is 0.207. The Morgan fingerprint density at radius 1 is 1.29 bits per heavy atom. The Bertz CT molecular complexity index is 357. The van der Waals surface area contributed by atoms with Crippen molar-refractivity contribution >= 4 is 5.91 Å². The van der Waals surface area contributed by atoms with Gasteiger partial charge in [0.2, 0.25) is 5.91 Å². The van der Waals surface area contributed by atoms with Crippen molar-refractivity contribution in [3.63, 3.8) is 0 Å². The Kier molecular flexibility index (Phi) is 5.01. The third-order valence-electron chi connectivity index (χ3n) is 2.79. The quantitative estimate of drug-likeness (QED) is 0.824. The van der Waals surface area contributed by atoms with Crippen LogP contribution >= 0.6 is 0 Å². The van der Waals surface area contributed by atoms with E-state index in [1.807, 2.05) is 24.3 Å². The molecular formula is C14H21NO2. The highest BCUT2D eigenvalue weighted by Crippen LogP contribution is 2.28. The van der Waals surface area contributed by atoms with Crippen LogP contribution in [0.25, 0.3) is 0 Å². The van der Waals surface area contributed by atoms with Gasteiger partial charge in [-0.15, -0.1) is 0 Å². The van der Waals surface area contributed by atoms with E-state index in [0.29, 0.717) is 12.3 Å². The molecule has 1 aromatic carbocycles. The second-order valence-corrected chi connectivity index (χ2v) is 4.77. The number of carbonyl (C=O) groups excluding carboxylic acids is 1. The summed E-state index contributed by atoms with van der Waals surface area (Å²) in [6.07, 6.45) is 1.37. The van der Waals surface area contributed by atoms with Crippen LogP contribution in [0.1, 0.15) is 38.2 Å². The molecule has 0 aromatic heterocycles. The fourth-order valence-electron chi connectivity index (χ4n) is 2.03. The van der Waals surface area contributed by atoms with Gasteiger partial charge >= 0.3 is 0 Å².